The molecular formula is C20H16N2O2. The van der Waals surface area contributed by atoms with Crippen molar-refractivity contribution < 1.29 is 9.48 Å². The van der Waals surface area contributed by atoms with E-state index >= 15 is 0 Å². The van der Waals surface area contributed by atoms with E-state index in [0.29, 0.717) is 11.4 Å². The molecule has 0 aliphatic rings. The van der Waals surface area contributed by atoms with Crippen LogP contribution in [0.25, 0.3) is 0 Å². The van der Waals surface area contributed by atoms with Crippen molar-refractivity contribution in [1.29, 1.82) is 0 Å². The van der Waals surface area contributed by atoms with Crippen LogP contribution >= 0.6 is 0 Å². The molecule has 3 rings (SSSR count). The van der Waals surface area contributed by atoms with E-state index in [9.17, 15) is 10.4 Å². The summed E-state index contributed by atoms with van der Waals surface area (Å²) in [7, 11) is 0. The highest BCUT2D eigenvalue weighted by Crippen LogP contribution is 2.11. The van der Waals surface area contributed by atoms with Gasteiger partial charge in [-0.05, 0) is 18.2 Å². The third-order valence-electron chi connectivity index (χ3n) is 3.46. The van der Waals surface area contributed by atoms with Crippen LogP contribution in [0.15, 0.2) is 84.9 Å². The lowest BCUT2D eigenvalue weighted by atomic mass is 10.1. The first kappa shape index (κ1) is 15.5. The Kier molecular flexibility index (Phi) is 4.68. The summed E-state index contributed by atoms with van der Waals surface area (Å²) in [5, 5.41) is 24.3. The molecule has 0 aliphatic carbocycles. The smallest absolute Gasteiger partial charge is 0.216 e. The summed E-state index contributed by atoms with van der Waals surface area (Å²) >= 11 is 0. The number of hydrogen-bond acceptors (Lipinski definition) is 2. The van der Waals surface area contributed by atoms with Gasteiger partial charge >= 0.3 is 0 Å². The van der Waals surface area contributed by atoms with Gasteiger partial charge < -0.3 is 10.4 Å². The molecule has 0 atom stereocenters. The molecule has 0 aliphatic heterocycles. The predicted molar refractivity (Wildman–Crippen MR) is 96.2 cm³/mol. The zero-order chi connectivity index (χ0) is 16.8. The standard InChI is InChI=1S/C20H16N2O2/c23-21(19-10-3-1-4-11-19)15-17-8-7-9-18(14-17)16-22(24)20-12-5-2-6-13-20/h1-16H. The number of hydrogen-bond donors (Lipinski definition) is 0. The van der Waals surface area contributed by atoms with Gasteiger partial charge in [0.25, 0.3) is 0 Å². The molecular weight excluding hydrogens is 300 g/mol. The van der Waals surface area contributed by atoms with Gasteiger partial charge in [0.1, 0.15) is 0 Å². The van der Waals surface area contributed by atoms with E-state index in [1.807, 2.05) is 54.6 Å². The van der Waals surface area contributed by atoms with Crippen molar-refractivity contribution in [2.45, 2.75) is 0 Å². The summed E-state index contributed by atoms with van der Waals surface area (Å²) in [5.74, 6) is 0. The quantitative estimate of drug-likeness (QED) is 0.313. The maximum atomic E-state index is 12.1. The summed E-state index contributed by atoms with van der Waals surface area (Å²) in [4.78, 5) is 0. The summed E-state index contributed by atoms with van der Waals surface area (Å²) in [6.45, 7) is 0. The van der Waals surface area contributed by atoms with Crippen molar-refractivity contribution in [3.05, 3.63) is 106 Å². The molecule has 3 aromatic carbocycles. The van der Waals surface area contributed by atoms with Crippen molar-refractivity contribution in [3.8, 4) is 0 Å². The number of benzene rings is 3. The fraction of sp³-hybridized carbons (Fsp3) is 0. The van der Waals surface area contributed by atoms with Gasteiger partial charge in [0.2, 0.25) is 11.4 Å². The van der Waals surface area contributed by atoms with Crippen molar-refractivity contribution in [2.75, 3.05) is 0 Å². The third kappa shape index (κ3) is 3.87. The monoisotopic (exact) mass is 316 g/mol. The fourth-order valence-corrected chi connectivity index (χ4v) is 2.29. The highest BCUT2D eigenvalue weighted by molar-refractivity contribution is 5.83. The molecule has 0 radical (unpaired) electrons. The molecule has 4 heteroatoms. The van der Waals surface area contributed by atoms with Gasteiger partial charge in [0, 0.05) is 35.4 Å². The second-order valence-corrected chi connectivity index (χ2v) is 5.25. The van der Waals surface area contributed by atoms with Gasteiger partial charge in [-0.1, -0.05) is 42.5 Å². The molecule has 0 saturated heterocycles. The summed E-state index contributed by atoms with van der Waals surface area (Å²) in [6.07, 6.45) is 2.98. The Hall–Kier alpha value is -3.40. The van der Waals surface area contributed by atoms with Gasteiger partial charge in [-0.25, -0.2) is 0 Å². The zero-order valence-corrected chi connectivity index (χ0v) is 12.9. The van der Waals surface area contributed by atoms with E-state index in [0.717, 1.165) is 20.6 Å². The molecule has 0 amide bonds. The molecule has 3 aromatic rings. The van der Waals surface area contributed by atoms with Crippen molar-refractivity contribution >= 4 is 23.8 Å². The van der Waals surface area contributed by atoms with Crippen LogP contribution in [-0.4, -0.2) is 21.9 Å². The largest absolute Gasteiger partial charge is 0.618 e. The van der Waals surface area contributed by atoms with Crippen LogP contribution in [0.2, 0.25) is 0 Å². The highest BCUT2D eigenvalue weighted by Gasteiger charge is 2.04. The molecule has 0 bridgehead atoms. The Labute approximate surface area is 140 Å². The Morgan fingerprint density at radius 3 is 1.38 bits per heavy atom. The van der Waals surface area contributed by atoms with E-state index in [1.165, 1.54) is 12.4 Å². The minimum Gasteiger partial charge on any atom is -0.618 e. The van der Waals surface area contributed by atoms with E-state index in [2.05, 4.69) is 0 Å². The topological polar surface area (TPSA) is 52.1 Å². The van der Waals surface area contributed by atoms with Crippen molar-refractivity contribution in [1.82, 2.24) is 0 Å². The maximum absolute atomic E-state index is 12.1. The first-order valence-electron chi connectivity index (χ1n) is 7.55. The fourth-order valence-electron chi connectivity index (χ4n) is 2.29. The average molecular weight is 316 g/mol. The molecule has 0 fully saturated rings. The van der Waals surface area contributed by atoms with Crippen LogP contribution in [-0.2, 0) is 0 Å². The minimum absolute atomic E-state index is 0.557. The van der Waals surface area contributed by atoms with E-state index in [-0.39, 0.29) is 0 Å². The summed E-state index contributed by atoms with van der Waals surface area (Å²) < 4.78 is 1.62. The summed E-state index contributed by atoms with van der Waals surface area (Å²) in [6, 6.07) is 25.2. The van der Waals surface area contributed by atoms with Gasteiger partial charge in [-0.15, -0.1) is 0 Å². The zero-order valence-electron chi connectivity index (χ0n) is 12.9. The van der Waals surface area contributed by atoms with Crippen LogP contribution in [0.3, 0.4) is 0 Å². The van der Waals surface area contributed by atoms with Gasteiger partial charge in [0.15, 0.2) is 12.4 Å². The molecule has 4 nitrogen and oxygen atoms in total. The normalized spacial score (nSPS) is 12.2. The van der Waals surface area contributed by atoms with Crippen LogP contribution in [0.1, 0.15) is 11.1 Å². The van der Waals surface area contributed by atoms with E-state index < -0.39 is 0 Å². The summed E-state index contributed by atoms with van der Waals surface area (Å²) in [5.41, 5.74) is 2.57. The second-order valence-electron chi connectivity index (χ2n) is 5.25. The molecule has 0 N–H and O–H groups in total. The Morgan fingerprint density at radius 1 is 0.542 bits per heavy atom. The average Bonchev–Trinajstić information content (AvgIpc) is 2.63. The lowest BCUT2D eigenvalue weighted by molar-refractivity contribution is -0.354. The van der Waals surface area contributed by atoms with Crippen LogP contribution in [0.4, 0.5) is 11.4 Å². The predicted octanol–water partition coefficient (Wildman–Crippen LogP) is 4.21. The highest BCUT2D eigenvalue weighted by atomic mass is 16.5. The maximum Gasteiger partial charge on any atom is 0.216 e. The Balaban J connectivity index is 1.87. The molecule has 0 aromatic heterocycles. The van der Waals surface area contributed by atoms with Gasteiger partial charge in [-0.2, -0.15) is 9.48 Å². The Bertz CT molecular complexity index is 802. The number of para-hydroxylation sites is 2. The lowest BCUT2D eigenvalue weighted by Crippen LogP contribution is -2.01. The van der Waals surface area contributed by atoms with Crippen LogP contribution in [0.5, 0.6) is 0 Å². The SMILES string of the molecule is [O-][N+](=Cc1cccc(C=[N+]([O-])c2ccccc2)c1)c1ccccc1. The van der Waals surface area contributed by atoms with Gasteiger partial charge in [0.05, 0.1) is 0 Å². The third-order valence-corrected chi connectivity index (χ3v) is 3.46. The van der Waals surface area contributed by atoms with E-state index in [4.69, 9.17) is 0 Å². The van der Waals surface area contributed by atoms with Crippen LogP contribution in [0, 0.1) is 10.4 Å². The number of nitrogens with zero attached hydrogens (tertiary/aromatic N) is 2. The number of rotatable bonds is 4. The lowest BCUT2D eigenvalue weighted by Gasteiger charge is -2.04. The first-order valence-corrected chi connectivity index (χ1v) is 7.55. The first-order chi connectivity index (χ1) is 11.7. The molecule has 0 unspecified atom stereocenters. The van der Waals surface area contributed by atoms with Crippen molar-refractivity contribution in [3.63, 3.8) is 0 Å². The second kappa shape index (κ2) is 7.24. The molecule has 0 heterocycles. The molecule has 0 saturated carbocycles. The molecule has 118 valence electrons. The molecule has 0 spiro atoms. The van der Waals surface area contributed by atoms with Crippen LogP contribution < -0.4 is 0 Å². The Morgan fingerprint density at radius 2 is 0.958 bits per heavy atom. The minimum atomic E-state index is 0.557. The van der Waals surface area contributed by atoms with Gasteiger partial charge in [-0.3, -0.25) is 0 Å². The molecule has 24 heavy (non-hydrogen) atoms. The van der Waals surface area contributed by atoms with E-state index in [1.54, 1.807) is 30.3 Å². The van der Waals surface area contributed by atoms with Crippen molar-refractivity contribution in [2.24, 2.45) is 0 Å².